The molecule has 0 bridgehead atoms. The van der Waals surface area contributed by atoms with Gasteiger partial charge in [-0.05, 0) is 36.0 Å². The van der Waals surface area contributed by atoms with Gasteiger partial charge in [0.25, 0.3) is 0 Å². The van der Waals surface area contributed by atoms with Crippen LogP contribution in [0.4, 0.5) is 4.39 Å². The number of benzene rings is 1. The molecule has 0 unspecified atom stereocenters. The number of carboxylic acid groups (broad SMARTS) is 1. The van der Waals surface area contributed by atoms with Crippen molar-refractivity contribution in [2.75, 3.05) is 13.1 Å². The van der Waals surface area contributed by atoms with Crippen LogP contribution in [-0.2, 0) is 16.0 Å². The number of amides is 1. The van der Waals surface area contributed by atoms with Gasteiger partial charge in [0.2, 0.25) is 5.91 Å². The standard InChI is InChI=1S/C17H24FNO3/c1-12(2)10-19(11-17(21)22)16(20)8-13(3)7-14-5-4-6-15(18)9-14/h4-6,9,12-13H,7-8,10-11H2,1-3H3,(H,21,22)/t13-/m1/s1. The Bertz CT molecular complexity index is 516. The summed E-state index contributed by atoms with van der Waals surface area (Å²) in [6.45, 7) is 5.95. The predicted octanol–water partition coefficient (Wildman–Crippen LogP) is 2.96. The molecular weight excluding hydrogens is 285 g/mol. The third-order valence-electron chi connectivity index (χ3n) is 3.26. The second-order valence-corrected chi connectivity index (χ2v) is 6.21. The summed E-state index contributed by atoms with van der Waals surface area (Å²) in [5.41, 5.74) is 0.842. The van der Waals surface area contributed by atoms with Gasteiger partial charge in [-0.3, -0.25) is 9.59 Å². The average Bonchev–Trinajstić information content (AvgIpc) is 2.36. The molecule has 122 valence electrons. The minimum Gasteiger partial charge on any atom is -0.480 e. The molecule has 0 radical (unpaired) electrons. The summed E-state index contributed by atoms with van der Waals surface area (Å²) in [6.07, 6.45) is 0.850. The highest BCUT2D eigenvalue weighted by Crippen LogP contribution is 2.15. The maximum Gasteiger partial charge on any atom is 0.323 e. The smallest absolute Gasteiger partial charge is 0.323 e. The number of nitrogens with zero attached hydrogens (tertiary/aromatic N) is 1. The summed E-state index contributed by atoms with van der Waals surface area (Å²) >= 11 is 0. The Morgan fingerprint density at radius 2 is 1.95 bits per heavy atom. The Kier molecular flexibility index (Phi) is 7.02. The van der Waals surface area contributed by atoms with Crippen LogP contribution >= 0.6 is 0 Å². The Balaban J connectivity index is 2.61. The Labute approximate surface area is 130 Å². The van der Waals surface area contributed by atoms with Gasteiger partial charge in [-0.15, -0.1) is 0 Å². The second kappa shape index (κ2) is 8.51. The lowest BCUT2D eigenvalue weighted by molar-refractivity contribution is -0.145. The largest absolute Gasteiger partial charge is 0.480 e. The Morgan fingerprint density at radius 3 is 2.50 bits per heavy atom. The molecule has 0 aliphatic rings. The summed E-state index contributed by atoms with van der Waals surface area (Å²) in [5, 5.41) is 8.91. The van der Waals surface area contributed by atoms with Gasteiger partial charge in [-0.1, -0.05) is 32.9 Å². The molecule has 0 saturated heterocycles. The van der Waals surface area contributed by atoms with Crippen LogP contribution in [0.2, 0.25) is 0 Å². The third kappa shape index (κ3) is 6.70. The summed E-state index contributed by atoms with van der Waals surface area (Å²) < 4.78 is 13.2. The zero-order valence-electron chi connectivity index (χ0n) is 13.4. The van der Waals surface area contributed by atoms with E-state index in [-0.39, 0.29) is 36.5 Å². The van der Waals surface area contributed by atoms with Gasteiger partial charge in [0.05, 0.1) is 0 Å². The average molecular weight is 309 g/mol. The van der Waals surface area contributed by atoms with Crippen LogP contribution in [0.3, 0.4) is 0 Å². The molecule has 1 amide bonds. The van der Waals surface area contributed by atoms with Crippen molar-refractivity contribution in [1.29, 1.82) is 0 Å². The summed E-state index contributed by atoms with van der Waals surface area (Å²) in [4.78, 5) is 24.5. The number of carbonyl (C=O) groups is 2. The molecule has 0 saturated carbocycles. The van der Waals surface area contributed by atoms with E-state index in [1.54, 1.807) is 6.07 Å². The molecule has 0 fully saturated rings. The number of aliphatic carboxylic acids is 1. The van der Waals surface area contributed by atoms with Crippen molar-refractivity contribution >= 4 is 11.9 Å². The first-order valence-corrected chi connectivity index (χ1v) is 7.52. The van der Waals surface area contributed by atoms with Gasteiger partial charge in [0.1, 0.15) is 12.4 Å². The second-order valence-electron chi connectivity index (χ2n) is 6.21. The zero-order valence-corrected chi connectivity index (χ0v) is 13.4. The van der Waals surface area contributed by atoms with Gasteiger partial charge in [-0.2, -0.15) is 0 Å². The highest BCUT2D eigenvalue weighted by atomic mass is 19.1. The first-order valence-electron chi connectivity index (χ1n) is 7.52. The van der Waals surface area contributed by atoms with Crippen molar-refractivity contribution in [3.8, 4) is 0 Å². The molecule has 1 aromatic rings. The van der Waals surface area contributed by atoms with Crippen LogP contribution in [0.1, 0.15) is 32.8 Å². The van der Waals surface area contributed by atoms with E-state index in [0.29, 0.717) is 13.0 Å². The molecule has 5 heteroatoms. The van der Waals surface area contributed by atoms with E-state index in [1.165, 1.54) is 17.0 Å². The van der Waals surface area contributed by atoms with E-state index in [9.17, 15) is 14.0 Å². The lowest BCUT2D eigenvalue weighted by Gasteiger charge is -2.24. The number of hydrogen-bond donors (Lipinski definition) is 1. The molecule has 1 N–H and O–H groups in total. The van der Waals surface area contributed by atoms with Crippen molar-refractivity contribution < 1.29 is 19.1 Å². The number of carbonyl (C=O) groups excluding carboxylic acids is 1. The monoisotopic (exact) mass is 309 g/mol. The molecule has 22 heavy (non-hydrogen) atoms. The molecule has 0 aliphatic heterocycles. The van der Waals surface area contributed by atoms with Gasteiger partial charge in [0.15, 0.2) is 0 Å². The van der Waals surface area contributed by atoms with E-state index < -0.39 is 5.97 Å². The molecule has 4 nitrogen and oxygen atoms in total. The first-order chi connectivity index (χ1) is 10.3. The van der Waals surface area contributed by atoms with Gasteiger partial charge in [-0.25, -0.2) is 4.39 Å². The van der Waals surface area contributed by atoms with Gasteiger partial charge >= 0.3 is 5.97 Å². The van der Waals surface area contributed by atoms with E-state index in [1.807, 2.05) is 26.8 Å². The Hall–Kier alpha value is -1.91. The summed E-state index contributed by atoms with van der Waals surface area (Å²) in [7, 11) is 0. The van der Waals surface area contributed by atoms with Crippen LogP contribution in [0, 0.1) is 17.7 Å². The third-order valence-corrected chi connectivity index (χ3v) is 3.26. The summed E-state index contributed by atoms with van der Waals surface area (Å²) in [6, 6.07) is 6.32. The number of halogens is 1. The highest BCUT2D eigenvalue weighted by Gasteiger charge is 2.20. The topological polar surface area (TPSA) is 57.6 Å². The number of carboxylic acids is 1. The van der Waals surface area contributed by atoms with E-state index in [2.05, 4.69) is 0 Å². The van der Waals surface area contributed by atoms with Crippen molar-refractivity contribution in [2.24, 2.45) is 11.8 Å². The maximum absolute atomic E-state index is 13.2. The molecule has 1 rings (SSSR count). The minimum atomic E-state index is -1.01. The fraction of sp³-hybridized carbons (Fsp3) is 0.529. The van der Waals surface area contributed by atoms with E-state index >= 15 is 0 Å². The van der Waals surface area contributed by atoms with Crippen LogP contribution in [0.25, 0.3) is 0 Å². The lowest BCUT2D eigenvalue weighted by Crippen LogP contribution is -2.39. The van der Waals surface area contributed by atoms with Crippen molar-refractivity contribution in [3.63, 3.8) is 0 Å². The normalized spacial score (nSPS) is 12.2. The molecule has 1 aromatic carbocycles. The van der Waals surface area contributed by atoms with Gasteiger partial charge < -0.3 is 10.0 Å². The van der Waals surface area contributed by atoms with E-state index in [0.717, 1.165) is 5.56 Å². The quantitative estimate of drug-likeness (QED) is 0.803. The van der Waals surface area contributed by atoms with Gasteiger partial charge in [0, 0.05) is 13.0 Å². The number of rotatable bonds is 8. The van der Waals surface area contributed by atoms with Crippen LogP contribution in [0.5, 0.6) is 0 Å². The van der Waals surface area contributed by atoms with E-state index in [4.69, 9.17) is 5.11 Å². The van der Waals surface area contributed by atoms with Crippen LogP contribution in [0.15, 0.2) is 24.3 Å². The van der Waals surface area contributed by atoms with Crippen LogP contribution in [-0.4, -0.2) is 35.0 Å². The van der Waals surface area contributed by atoms with Crippen molar-refractivity contribution in [3.05, 3.63) is 35.6 Å². The fourth-order valence-corrected chi connectivity index (χ4v) is 2.42. The molecular formula is C17H24FNO3. The summed E-state index contributed by atoms with van der Waals surface area (Å²) in [5.74, 6) is -1.23. The molecule has 0 aliphatic carbocycles. The fourth-order valence-electron chi connectivity index (χ4n) is 2.42. The van der Waals surface area contributed by atoms with Crippen LogP contribution < -0.4 is 0 Å². The molecule has 0 spiro atoms. The minimum absolute atomic E-state index is 0.0257. The lowest BCUT2D eigenvalue weighted by atomic mass is 9.97. The van der Waals surface area contributed by atoms with Crippen molar-refractivity contribution in [2.45, 2.75) is 33.6 Å². The molecule has 1 atom stereocenters. The SMILES string of the molecule is CC(C)CN(CC(=O)O)C(=O)C[C@H](C)Cc1cccc(F)c1. The molecule has 0 heterocycles. The number of hydrogen-bond acceptors (Lipinski definition) is 2. The zero-order chi connectivity index (χ0) is 16.7. The highest BCUT2D eigenvalue weighted by molar-refractivity contribution is 5.81. The maximum atomic E-state index is 13.2. The predicted molar refractivity (Wildman–Crippen MR) is 82.9 cm³/mol. The Morgan fingerprint density at radius 1 is 1.27 bits per heavy atom. The molecule has 0 aromatic heterocycles. The van der Waals surface area contributed by atoms with Crippen molar-refractivity contribution in [1.82, 2.24) is 4.90 Å². The first kappa shape index (κ1) is 18.1.